The summed E-state index contributed by atoms with van der Waals surface area (Å²) in [6.45, 7) is 4.24. The van der Waals surface area contributed by atoms with Gasteiger partial charge in [0.25, 0.3) is 0 Å². The SMILES string of the molecule is C=CCn1c(Sc2ncc(C(F)(F)F)cc2Cl)nnc1C1CC1. The molecular formula is C14H12ClF3N4S. The van der Waals surface area contributed by atoms with Gasteiger partial charge in [-0.3, -0.25) is 0 Å². The minimum Gasteiger partial charge on any atom is -0.302 e. The van der Waals surface area contributed by atoms with E-state index in [-0.39, 0.29) is 10.0 Å². The predicted octanol–water partition coefficient (Wildman–Crippen LogP) is 4.56. The van der Waals surface area contributed by atoms with Crippen molar-refractivity contribution in [1.29, 1.82) is 0 Å². The molecule has 0 saturated heterocycles. The maximum absolute atomic E-state index is 12.6. The van der Waals surface area contributed by atoms with Gasteiger partial charge in [-0.15, -0.1) is 16.8 Å². The Morgan fingerprint density at radius 3 is 2.70 bits per heavy atom. The average Bonchev–Trinajstić information content (AvgIpc) is 3.25. The highest BCUT2D eigenvalue weighted by Crippen LogP contribution is 2.41. The maximum Gasteiger partial charge on any atom is 0.417 e. The minimum absolute atomic E-state index is 0.0639. The molecule has 0 N–H and O–H groups in total. The van der Waals surface area contributed by atoms with Gasteiger partial charge < -0.3 is 4.57 Å². The number of hydrogen-bond donors (Lipinski definition) is 0. The summed E-state index contributed by atoms with van der Waals surface area (Å²) in [4.78, 5) is 3.82. The molecule has 4 nitrogen and oxygen atoms in total. The molecule has 1 saturated carbocycles. The first-order valence-corrected chi connectivity index (χ1v) is 8.04. The normalized spacial score (nSPS) is 15.0. The Bertz CT molecular complexity index is 740. The van der Waals surface area contributed by atoms with Crippen LogP contribution in [0.5, 0.6) is 0 Å². The van der Waals surface area contributed by atoms with E-state index in [1.807, 2.05) is 4.57 Å². The van der Waals surface area contributed by atoms with Crippen LogP contribution in [0.3, 0.4) is 0 Å². The first-order chi connectivity index (χ1) is 10.9. The van der Waals surface area contributed by atoms with Crippen LogP contribution in [-0.2, 0) is 12.7 Å². The van der Waals surface area contributed by atoms with E-state index >= 15 is 0 Å². The molecule has 122 valence electrons. The lowest BCUT2D eigenvalue weighted by atomic mass is 10.3. The molecule has 1 fully saturated rings. The van der Waals surface area contributed by atoms with E-state index < -0.39 is 11.7 Å². The molecule has 2 aromatic rings. The Labute approximate surface area is 139 Å². The van der Waals surface area contributed by atoms with Crippen molar-refractivity contribution in [2.24, 2.45) is 0 Å². The van der Waals surface area contributed by atoms with Crippen LogP contribution in [0, 0.1) is 0 Å². The van der Waals surface area contributed by atoms with Gasteiger partial charge in [-0.2, -0.15) is 13.2 Å². The van der Waals surface area contributed by atoms with Gasteiger partial charge in [-0.1, -0.05) is 17.7 Å². The highest BCUT2D eigenvalue weighted by molar-refractivity contribution is 7.99. The lowest BCUT2D eigenvalue weighted by Crippen LogP contribution is -2.06. The van der Waals surface area contributed by atoms with Gasteiger partial charge in [0.05, 0.1) is 10.6 Å². The Kier molecular flexibility index (Phi) is 4.37. The summed E-state index contributed by atoms with van der Waals surface area (Å²) in [5.41, 5.74) is -0.877. The Hall–Kier alpha value is -1.54. The first-order valence-electron chi connectivity index (χ1n) is 6.84. The Morgan fingerprint density at radius 1 is 1.39 bits per heavy atom. The topological polar surface area (TPSA) is 43.6 Å². The summed E-state index contributed by atoms with van der Waals surface area (Å²) < 4.78 is 39.8. The van der Waals surface area contributed by atoms with E-state index in [1.54, 1.807) is 6.08 Å². The number of halogens is 4. The van der Waals surface area contributed by atoms with Crippen molar-refractivity contribution in [2.45, 2.75) is 41.7 Å². The number of nitrogens with zero attached hydrogens (tertiary/aromatic N) is 4. The second-order valence-electron chi connectivity index (χ2n) is 5.13. The molecule has 2 aromatic heterocycles. The van der Waals surface area contributed by atoms with E-state index in [1.165, 1.54) is 0 Å². The molecule has 0 unspecified atom stereocenters. The van der Waals surface area contributed by atoms with Crippen LogP contribution < -0.4 is 0 Å². The largest absolute Gasteiger partial charge is 0.417 e. The van der Waals surface area contributed by atoms with E-state index in [9.17, 15) is 13.2 Å². The number of alkyl halides is 3. The smallest absolute Gasteiger partial charge is 0.302 e. The summed E-state index contributed by atoms with van der Waals surface area (Å²) in [6.07, 6.45) is 0.158. The average molecular weight is 361 g/mol. The summed E-state index contributed by atoms with van der Waals surface area (Å²) in [5.74, 6) is 1.27. The van der Waals surface area contributed by atoms with E-state index in [0.717, 1.165) is 42.7 Å². The van der Waals surface area contributed by atoms with Crippen molar-refractivity contribution in [3.63, 3.8) is 0 Å². The van der Waals surface area contributed by atoms with Gasteiger partial charge in [0.1, 0.15) is 10.9 Å². The second kappa shape index (κ2) is 6.16. The Balaban J connectivity index is 1.89. The molecule has 0 aromatic carbocycles. The second-order valence-corrected chi connectivity index (χ2v) is 6.49. The monoisotopic (exact) mass is 360 g/mol. The molecule has 3 rings (SSSR count). The third-order valence-electron chi connectivity index (χ3n) is 3.32. The number of aromatic nitrogens is 4. The number of rotatable bonds is 5. The molecule has 0 aliphatic heterocycles. The lowest BCUT2D eigenvalue weighted by Gasteiger charge is -2.09. The molecule has 9 heteroatoms. The van der Waals surface area contributed by atoms with Gasteiger partial charge in [-0.05, 0) is 30.7 Å². The van der Waals surface area contributed by atoms with Crippen LogP contribution in [0.2, 0.25) is 5.02 Å². The molecule has 1 aliphatic carbocycles. The van der Waals surface area contributed by atoms with Crippen LogP contribution >= 0.6 is 23.4 Å². The van der Waals surface area contributed by atoms with Crippen LogP contribution in [0.1, 0.15) is 30.1 Å². The van der Waals surface area contributed by atoms with Gasteiger partial charge in [0.2, 0.25) is 0 Å². The van der Waals surface area contributed by atoms with Crippen molar-refractivity contribution in [1.82, 2.24) is 19.7 Å². The third-order valence-corrected chi connectivity index (χ3v) is 4.73. The molecular weight excluding hydrogens is 349 g/mol. The molecule has 2 heterocycles. The predicted molar refractivity (Wildman–Crippen MR) is 80.6 cm³/mol. The molecule has 0 bridgehead atoms. The molecule has 0 radical (unpaired) electrons. The van der Waals surface area contributed by atoms with Crippen molar-refractivity contribution in [3.8, 4) is 0 Å². The fourth-order valence-electron chi connectivity index (χ4n) is 2.06. The standard InChI is InChI=1S/C14H12ClF3N4S/c1-2-5-22-11(8-3-4-8)20-21-13(22)23-12-10(15)6-9(7-19-12)14(16,17)18/h2,6-8H,1,3-5H2. The molecule has 0 amide bonds. The molecule has 0 atom stereocenters. The summed E-state index contributed by atoms with van der Waals surface area (Å²) in [5, 5.41) is 9.03. The fraction of sp³-hybridized carbons (Fsp3) is 0.357. The van der Waals surface area contributed by atoms with Gasteiger partial charge in [0.15, 0.2) is 5.16 Å². The Morgan fingerprint density at radius 2 is 2.13 bits per heavy atom. The van der Waals surface area contributed by atoms with E-state index in [4.69, 9.17) is 11.6 Å². The van der Waals surface area contributed by atoms with Crippen LogP contribution in [0.4, 0.5) is 13.2 Å². The van der Waals surface area contributed by atoms with Gasteiger partial charge in [0, 0.05) is 18.7 Å². The fourth-order valence-corrected chi connectivity index (χ4v) is 3.14. The molecule has 0 spiro atoms. The lowest BCUT2D eigenvalue weighted by molar-refractivity contribution is -0.137. The van der Waals surface area contributed by atoms with Crippen LogP contribution in [0.15, 0.2) is 35.1 Å². The summed E-state index contributed by atoms with van der Waals surface area (Å²) >= 11 is 7.03. The zero-order chi connectivity index (χ0) is 16.6. The van der Waals surface area contributed by atoms with Crippen molar-refractivity contribution >= 4 is 23.4 Å². The highest BCUT2D eigenvalue weighted by atomic mass is 35.5. The van der Waals surface area contributed by atoms with Gasteiger partial charge in [-0.25, -0.2) is 4.98 Å². The number of pyridine rings is 1. The first kappa shape index (κ1) is 16.3. The van der Waals surface area contributed by atoms with Crippen molar-refractivity contribution in [2.75, 3.05) is 0 Å². The summed E-state index contributed by atoms with van der Waals surface area (Å²) in [6, 6.07) is 0.868. The zero-order valence-corrected chi connectivity index (χ0v) is 13.4. The van der Waals surface area contributed by atoms with E-state index in [2.05, 4.69) is 21.8 Å². The van der Waals surface area contributed by atoms with Crippen molar-refractivity contribution < 1.29 is 13.2 Å². The van der Waals surface area contributed by atoms with Crippen LogP contribution in [0.25, 0.3) is 0 Å². The van der Waals surface area contributed by atoms with Crippen molar-refractivity contribution in [3.05, 3.63) is 41.3 Å². The minimum atomic E-state index is -4.47. The number of allylic oxidation sites excluding steroid dienone is 1. The van der Waals surface area contributed by atoms with Crippen LogP contribution in [-0.4, -0.2) is 19.7 Å². The number of hydrogen-bond acceptors (Lipinski definition) is 4. The maximum atomic E-state index is 12.6. The van der Waals surface area contributed by atoms with E-state index in [0.29, 0.717) is 17.6 Å². The third kappa shape index (κ3) is 3.53. The quantitative estimate of drug-likeness (QED) is 0.733. The summed E-state index contributed by atoms with van der Waals surface area (Å²) in [7, 11) is 0. The molecule has 1 aliphatic rings. The highest BCUT2D eigenvalue weighted by Gasteiger charge is 2.32. The molecule has 23 heavy (non-hydrogen) atoms. The zero-order valence-electron chi connectivity index (χ0n) is 11.8. The van der Waals surface area contributed by atoms with Gasteiger partial charge >= 0.3 is 6.18 Å².